The first-order chi connectivity index (χ1) is 6.29. The highest BCUT2D eigenvalue weighted by atomic mass is 16.3. The highest BCUT2D eigenvalue weighted by Gasteiger charge is 2.04. The van der Waals surface area contributed by atoms with Gasteiger partial charge in [0.2, 0.25) is 0 Å². The molecule has 66 valence electrons. The smallest absolute Gasteiger partial charge is 0.119 e. The number of aromatic amines is 1. The number of hydrogen-bond donors (Lipinski definition) is 2. The Morgan fingerprint density at radius 3 is 2.69 bits per heavy atom. The van der Waals surface area contributed by atoms with E-state index in [0.29, 0.717) is 5.75 Å². The summed E-state index contributed by atoms with van der Waals surface area (Å²) in [6.45, 7) is 1.91. The van der Waals surface area contributed by atoms with Gasteiger partial charge >= 0.3 is 0 Å². The normalized spacial score (nSPS) is 10.2. The van der Waals surface area contributed by atoms with Crippen LogP contribution in [0.1, 0.15) is 5.56 Å². The molecular weight excluding hydrogens is 162 g/mol. The maximum absolute atomic E-state index is 9.49. The maximum Gasteiger partial charge on any atom is 0.119 e. The van der Waals surface area contributed by atoms with Crippen LogP contribution in [0.15, 0.2) is 36.5 Å². The van der Waals surface area contributed by atoms with E-state index in [4.69, 9.17) is 0 Å². The number of phenolic OH excluding ortho intramolecular Hbond substituents is 1. The quantitative estimate of drug-likeness (QED) is 0.683. The number of H-pyrrole nitrogens is 1. The van der Waals surface area contributed by atoms with Crippen LogP contribution >= 0.6 is 0 Å². The monoisotopic (exact) mass is 173 g/mol. The molecule has 2 rings (SSSR count). The summed E-state index contributed by atoms with van der Waals surface area (Å²) in [6.07, 6.45) is 1.87. The zero-order valence-electron chi connectivity index (χ0n) is 7.41. The molecule has 2 aromatic rings. The van der Waals surface area contributed by atoms with E-state index in [1.165, 1.54) is 0 Å². The predicted molar refractivity (Wildman–Crippen MR) is 52.6 cm³/mol. The highest BCUT2D eigenvalue weighted by molar-refractivity contribution is 5.66. The van der Waals surface area contributed by atoms with Gasteiger partial charge in [0, 0.05) is 23.0 Å². The molecule has 1 aromatic carbocycles. The van der Waals surface area contributed by atoms with Crippen molar-refractivity contribution in [2.45, 2.75) is 6.92 Å². The number of aromatic hydroxyl groups is 1. The fourth-order valence-electron chi connectivity index (χ4n) is 1.41. The Hall–Kier alpha value is -1.70. The summed E-state index contributed by atoms with van der Waals surface area (Å²) in [5.74, 6) is 0.340. The van der Waals surface area contributed by atoms with Gasteiger partial charge in [0.15, 0.2) is 0 Å². The SMILES string of the molecule is Cc1c(O)cccc1-c1ccc[nH]1. The Morgan fingerprint density at radius 1 is 1.15 bits per heavy atom. The fraction of sp³-hybridized carbons (Fsp3) is 0.0909. The lowest BCUT2D eigenvalue weighted by atomic mass is 10.1. The van der Waals surface area contributed by atoms with Crippen LogP contribution < -0.4 is 0 Å². The molecule has 0 saturated heterocycles. The minimum atomic E-state index is 0.340. The number of benzene rings is 1. The zero-order valence-corrected chi connectivity index (χ0v) is 7.41. The van der Waals surface area contributed by atoms with Gasteiger partial charge in [-0.1, -0.05) is 12.1 Å². The van der Waals surface area contributed by atoms with E-state index in [9.17, 15) is 5.11 Å². The summed E-state index contributed by atoms with van der Waals surface area (Å²) in [5.41, 5.74) is 2.99. The summed E-state index contributed by atoms with van der Waals surface area (Å²) >= 11 is 0. The van der Waals surface area contributed by atoms with Gasteiger partial charge in [0.1, 0.15) is 5.75 Å². The van der Waals surface area contributed by atoms with E-state index in [1.807, 2.05) is 37.4 Å². The largest absolute Gasteiger partial charge is 0.508 e. The molecule has 2 N–H and O–H groups in total. The van der Waals surface area contributed by atoms with Crippen LogP contribution in [-0.2, 0) is 0 Å². The molecule has 1 aromatic heterocycles. The van der Waals surface area contributed by atoms with Gasteiger partial charge in [0.25, 0.3) is 0 Å². The first kappa shape index (κ1) is 7.92. The van der Waals surface area contributed by atoms with Crippen molar-refractivity contribution in [2.24, 2.45) is 0 Å². The Kier molecular flexibility index (Phi) is 1.81. The molecule has 1 heterocycles. The van der Waals surface area contributed by atoms with Crippen LogP contribution in [0.5, 0.6) is 5.75 Å². The van der Waals surface area contributed by atoms with Crippen molar-refractivity contribution in [2.75, 3.05) is 0 Å². The predicted octanol–water partition coefficient (Wildman–Crippen LogP) is 2.70. The van der Waals surface area contributed by atoms with E-state index < -0.39 is 0 Å². The molecule has 13 heavy (non-hydrogen) atoms. The van der Waals surface area contributed by atoms with Crippen molar-refractivity contribution in [1.29, 1.82) is 0 Å². The first-order valence-corrected chi connectivity index (χ1v) is 4.21. The van der Waals surface area contributed by atoms with Crippen molar-refractivity contribution in [3.8, 4) is 17.0 Å². The van der Waals surface area contributed by atoms with Gasteiger partial charge < -0.3 is 10.1 Å². The fourth-order valence-corrected chi connectivity index (χ4v) is 1.41. The van der Waals surface area contributed by atoms with Gasteiger partial charge in [-0.3, -0.25) is 0 Å². The molecule has 2 nitrogen and oxygen atoms in total. The lowest BCUT2D eigenvalue weighted by molar-refractivity contribution is 0.471. The third-order valence-electron chi connectivity index (χ3n) is 2.19. The molecule has 0 bridgehead atoms. The lowest BCUT2D eigenvalue weighted by Gasteiger charge is -2.04. The number of aromatic nitrogens is 1. The van der Waals surface area contributed by atoms with Crippen molar-refractivity contribution >= 4 is 0 Å². The summed E-state index contributed by atoms with van der Waals surface area (Å²) in [4.78, 5) is 3.11. The van der Waals surface area contributed by atoms with Crippen LogP contribution in [0.2, 0.25) is 0 Å². The van der Waals surface area contributed by atoms with Crippen LogP contribution in [0.3, 0.4) is 0 Å². The number of rotatable bonds is 1. The third kappa shape index (κ3) is 1.31. The Morgan fingerprint density at radius 2 is 2.00 bits per heavy atom. The third-order valence-corrected chi connectivity index (χ3v) is 2.19. The second kappa shape index (κ2) is 2.98. The Balaban J connectivity index is 2.59. The Bertz CT molecular complexity index is 404. The topological polar surface area (TPSA) is 36.0 Å². The van der Waals surface area contributed by atoms with E-state index in [0.717, 1.165) is 16.8 Å². The van der Waals surface area contributed by atoms with Crippen molar-refractivity contribution in [3.05, 3.63) is 42.1 Å². The standard InChI is InChI=1S/C11H11NO/c1-8-9(4-2-6-11(8)13)10-5-3-7-12-10/h2-7,12-13H,1H3. The second-order valence-corrected chi connectivity index (χ2v) is 3.03. The van der Waals surface area contributed by atoms with E-state index in [-0.39, 0.29) is 0 Å². The molecule has 0 amide bonds. The van der Waals surface area contributed by atoms with Crippen molar-refractivity contribution in [1.82, 2.24) is 4.98 Å². The average Bonchev–Trinajstić information content (AvgIpc) is 2.62. The summed E-state index contributed by atoms with van der Waals surface area (Å²) < 4.78 is 0. The molecule has 0 unspecified atom stereocenters. The summed E-state index contributed by atoms with van der Waals surface area (Å²) in [5, 5.41) is 9.49. The molecule has 0 aliphatic heterocycles. The van der Waals surface area contributed by atoms with Crippen molar-refractivity contribution < 1.29 is 5.11 Å². The maximum atomic E-state index is 9.49. The minimum absolute atomic E-state index is 0.340. The number of phenols is 1. The lowest BCUT2D eigenvalue weighted by Crippen LogP contribution is -1.82. The van der Waals surface area contributed by atoms with Crippen molar-refractivity contribution in [3.63, 3.8) is 0 Å². The molecule has 0 atom stereocenters. The molecule has 0 aliphatic rings. The van der Waals surface area contributed by atoms with Gasteiger partial charge in [0.05, 0.1) is 0 Å². The zero-order chi connectivity index (χ0) is 9.26. The molecular formula is C11H11NO. The van der Waals surface area contributed by atoms with Crippen LogP contribution in [0, 0.1) is 6.92 Å². The Labute approximate surface area is 76.9 Å². The minimum Gasteiger partial charge on any atom is -0.508 e. The van der Waals surface area contributed by atoms with E-state index in [1.54, 1.807) is 6.07 Å². The second-order valence-electron chi connectivity index (χ2n) is 3.03. The van der Waals surface area contributed by atoms with E-state index in [2.05, 4.69) is 4.98 Å². The number of nitrogens with one attached hydrogen (secondary N) is 1. The van der Waals surface area contributed by atoms with Gasteiger partial charge in [-0.25, -0.2) is 0 Å². The van der Waals surface area contributed by atoms with Gasteiger partial charge in [-0.05, 0) is 25.1 Å². The first-order valence-electron chi connectivity index (χ1n) is 4.21. The highest BCUT2D eigenvalue weighted by Crippen LogP contribution is 2.27. The molecule has 0 spiro atoms. The molecule has 2 heteroatoms. The van der Waals surface area contributed by atoms with Crippen LogP contribution in [0.4, 0.5) is 0 Å². The van der Waals surface area contributed by atoms with Crippen LogP contribution in [0.25, 0.3) is 11.3 Å². The van der Waals surface area contributed by atoms with E-state index >= 15 is 0 Å². The van der Waals surface area contributed by atoms with Gasteiger partial charge in [-0.15, -0.1) is 0 Å². The summed E-state index contributed by atoms with van der Waals surface area (Å²) in [7, 11) is 0. The molecule has 0 fully saturated rings. The molecule has 0 aliphatic carbocycles. The number of hydrogen-bond acceptors (Lipinski definition) is 1. The molecule has 0 saturated carbocycles. The van der Waals surface area contributed by atoms with Gasteiger partial charge in [-0.2, -0.15) is 0 Å². The van der Waals surface area contributed by atoms with Crippen LogP contribution in [-0.4, -0.2) is 10.1 Å². The molecule has 0 radical (unpaired) electrons. The average molecular weight is 173 g/mol. The summed E-state index contributed by atoms with van der Waals surface area (Å²) in [6, 6.07) is 9.46.